The zero-order chi connectivity index (χ0) is 17.5. The average molecular weight is 327 g/mol. The summed E-state index contributed by atoms with van der Waals surface area (Å²) >= 11 is 0. The van der Waals surface area contributed by atoms with Crippen LogP contribution in [0.2, 0.25) is 0 Å². The van der Waals surface area contributed by atoms with E-state index >= 15 is 0 Å². The third kappa shape index (κ3) is 4.35. The van der Waals surface area contributed by atoms with Crippen LogP contribution in [-0.2, 0) is 17.6 Å². The molecule has 0 atom stereocenters. The summed E-state index contributed by atoms with van der Waals surface area (Å²) in [5.41, 5.74) is 7.42. The molecular weight excluding hydrogens is 306 g/mol. The second-order valence-corrected chi connectivity index (χ2v) is 5.42. The van der Waals surface area contributed by atoms with Crippen molar-refractivity contribution in [3.05, 3.63) is 59.2 Å². The highest BCUT2D eigenvalue weighted by molar-refractivity contribution is 5.99. The molecule has 0 radical (unpaired) electrons. The normalized spacial score (nSPS) is 10.2. The molecule has 0 saturated carbocycles. The summed E-state index contributed by atoms with van der Waals surface area (Å²) in [5, 5.41) is 0. The lowest BCUT2D eigenvalue weighted by molar-refractivity contribution is -0.118. The SMILES string of the molecule is COc1cc(CCC(N)=O)c(C(=O)Cc2ccccc2)cc1OC. The van der Waals surface area contributed by atoms with Gasteiger partial charge in [-0.2, -0.15) is 0 Å². The lowest BCUT2D eigenvalue weighted by Crippen LogP contribution is -2.14. The third-order valence-electron chi connectivity index (χ3n) is 3.76. The first-order chi connectivity index (χ1) is 11.5. The summed E-state index contributed by atoms with van der Waals surface area (Å²) in [4.78, 5) is 23.8. The number of hydrogen-bond acceptors (Lipinski definition) is 4. The number of Topliss-reactive ketones (excluding diaryl/α,β-unsaturated/α-hetero) is 1. The summed E-state index contributed by atoms with van der Waals surface area (Å²) in [5.74, 6) is 0.554. The molecule has 0 aliphatic heterocycles. The number of hydrogen-bond donors (Lipinski definition) is 1. The van der Waals surface area contributed by atoms with Crippen molar-refractivity contribution < 1.29 is 19.1 Å². The van der Waals surface area contributed by atoms with Gasteiger partial charge in [0.1, 0.15) is 0 Å². The molecule has 0 aliphatic carbocycles. The lowest BCUT2D eigenvalue weighted by atomic mass is 9.95. The van der Waals surface area contributed by atoms with E-state index in [1.807, 2.05) is 30.3 Å². The fourth-order valence-corrected chi connectivity index (χ4v) is 2.52. The standard InChI is InChI=1S/C19H21NO4/c1-23-17-11-14(8-9-19(20)22)15(12-18(17)24-2)16(21)10-13-6-4-3-5-7-13/h3-7,11-12H,8-10H2,1-2H3,(H2,20,22). The van der Waals surface area contributed by atoms with Crippen molar-refractivity contribution in [2.75, 3.05) is 14.2 Å². The van der Waals surface area contributed by atoms with E-state index in [4.69, 9.17) is 15.2 Å². The number of ether oxygens (including phenoxy) is 2. The second kappa shape index (κ2) is 8.15. The Morgan fingerprint density at radius 2 is 1.62 bits per heavy atom. The molecule has 5 nitrogen and oxygen atoms in total. The number of primary amides is 1. The Bertz CT molecular complexity index is 726. The molecule has 1 amide bonds. The molecule has 0 aliphatic rings. The number of ketones is 1. The van der Waals surface area contributed by atoms with Crippen LogP contribution in [0.25, 0.3) is 0 Å². The van der Waals surface area contributed by atoms with Crippen molar-refractivity contribution in [3.8, 4) is 11.5 Å². The monoisotopic (exact) mass is 327 g/mol. The minimum Gasteiger partial charge on any atom is -0.493 e. The summed E-state index contributed by atoms with van der Waals surface area (Å²) in [6.45, 7) is 0. The van der Waals surface area contributed by atoms with Gasteiger partial charge in [0.2, 0.25) is 5.91 Å². The van der Waals surface area contributed by atoms with Gasteiger partial charge >= 0.3 is 0 Å². The van der Waals surface area contributed by atoms with Crippen LogP contribution in [0.1, 0.15) is 27.9 Å². The maximum Gasteiger partial charge on any atom is 0.217 e. The molecular formula is C19H21NO4. The van der Waals surface area contributed by atoms with E-state index in [1.165, 1.54) is 14.2 Å². The summed E-state index contributed by atoms with van der Waals surface area (Å²) in [6, 6.07) is 12.9. The Morgan fingerprint density at radius 3 is 2.21 bits per heavy atom. The van der Waals surface area contributed by atoms with Crippen LogP contribution in [0.5, 0.6) is 11.5 Å². The first kappa shape index (κ1) is 17.5. The third-order valence-corrected chi connectivity index (χ3v) is 3.76. The molecule has 0 bridgehead atoms. The highest BCUT2D eigenvalue weighted by Gasteiger charge is 2.17. The van der Waals surface area contributed by atoms with Crippen LogP contribution in [-0.4, -0.2) is 25.9 Å². The molecule has 126 valence electrons. The van der Waals surface area contributed by atoms with Crippen LogP contribution >= 0.6 is 0 Å². The van der Waals surface area contributed by atoms with Crippen LogP contribution in [0, 0.1) is 0 Å². The van der Waals surface area contributed by atoms with Gasteiger partial charge in [-0.15, -0.1) is 0 Å². The molecule has 2 N–H and O–H groups in total. The summed E-state index contributed by atoms with van der Waals surface area (Å²) in [7, 11) is 3.05. The van der Waals surface area contributed by atoms with E-state index < -0.39 is 5.91 Å². The predicted molar refractivity (Wildman–Crippen MR) is 91.5 cm³/mol. The van der Waals surface area contributed by atoms with Gasteiger partial charge in [-0.3, -0.25) is 9.59 Å². The molecule has 0 spiro atoms. The highest BCUT2D eigenvalue weighted by atomic mass is 16.5. The number of methoxy groups -OCH3 is 2. The summed E-state index contributed by atoms with van der Waals surface area (Å²) < 4.78 is 10.6. The second-order valence-electron chi connectivity index (χ2n) is 5.42. The van der Waals surface area contributed by atoms with Gasteiger partial charge in [0.15, 0.2) is 17.3 Å². The Morgan fingerprint density at radius 1 is 1.00 bits per heavy atom. The zero-order valence-electron chi connectivity index (χ0n) is 13.9. The number of carbonyl (C=O) groups is 2. The van der Waals surface area contributed by atoms with E-state index in [2.05, 4.69) is 0 Å². The smallest absolute Gasteiger partial charge is 0.217 e. The van der Waals surface area contributed by atoms with E-state index in [0.29, 0.717) is 23.5 Å². The Balaban J connectivity index is 2.37. The summed E-state index contributed by atoms with van der Waals surface area (Å²) in [6.07, 6.45) is 0.826. The van der Waals surface area contributed by atoms with Crippen LogP contribution < -0.4 is 15.2 Å². The van der Waals surface area contributed by atoms with Crippen LogP contribution in [0.3, 0.4) is 0 Å². The molecule has 2 aromatic carbocycles. The Kier molecular flexibility index (Phi) is 5.95. The Labute approximate surface area is 141 Å². The first-order valence-corrected chi connectivity index (χ1v) is 7.65. The minimum atomic E-state index is -0.411. The molecule has 0 saturated heterocycles. The molecule has 2 aromatic rings. The largest absolute Gasteiger partial charge is 0.493 e. The number of benzene rings is 2. The van der Waals surface area contributed by atoms with Crippen molar-refractivity contribution in [2.24, 2.45) is 5.73 Å². The molecule has 2 rings (SSSR count). The maximum atomic E-state index is 12.7. The van der Waals surface area contributed by atoms with E-state index in [1.54, 1.807) is 12.1 Å². The fraction of sp³-hybridized carbons (Fsp3) is 0.263. The number of nitrogens with two attached hydrogens (primary N) is 1. The van der Waals surface area contributed by atoms with Crippen LogP contribution in [0.15, 0.2) is 42.5 Å². The topological polar surface area (TPSA) is 78.6 Å². The number of rotatable bonds is 8. The first-order valence-electron chi connectivity index (χ1n) is 7.65. The minimum absolute atomic E-state index is 0.0402. The number of aryl methyl sites for hydroxylation is 1. The number of carbonyl (C=O) groups excluding carboxylic acids is 2. The average Bonchev–Trinajstić information content (AvgIpc) is 2.59. The molecule has 0 heterocycles. The molecule has 0 unspecified atom stereocenters. The lowest BCUT2D eigenvalue weighted by Gasteiger charge is -2.14. The van der Waals surface area contributed by atoms with Crippen molar-refractivity contribution in [1.82, 2.24) is 0 Å². The van der Waals surface area contributed by atoms with Gasteiger partial charge in [0, 0.05) is 18.4 Å². The molecule has 0 fully saturated rings. The van der Waals surface area contributed by atoms with Crippen molar-refractivity contribution in [3.63, 3.8) is 0 Å². The van der Waals surface area contributed by atoms with Crippen molar-refractivity contribution in [2.45, 2.75) is 19.3 Å². The van der Waals surface area contributed by atoms with Crippen LogP contribution in [0.4, 0.5) is 0 Å². The highest BCUT2D eigenvalue weighted by Crippen LogP contribution is 2.32. The van der Waals surface area contributed by atoms with Gasteiger partial charge < -0.3 is 15.2 Å². The van der Waals surface area contributed by atoms with Crippen molar-refractivity contribution >= 4 is 11.7 Å². The van der Waals surface area contributed by atoms with Gasteiger partial charge in [0.25, 0.3) is 0 Å². The van der Waals surface area contributed by atoms with E-state index in [-0.39, 0.29) is 18.6 Å². The van der Waals surface area contributed by atoms with Gasteiger partial charge in [0.05, 0.1) is 14.2 Å². The predicted octanol–water partition coefficient (Wildman–Crippen LogP) is 2.55. The number of amides is 1. The Hall–Kier alpha value is -2.82. The fourth-order valence-electron chi connectivity index (χ4n) is 2.52. The molecule has 24 heavy (non-hydrogen) atoms. The van der Waals surface area contributed by atoms with E-state index in [0.717, 1.165) is 11.1 Å². The van der Waals surface area contributed by atoms with Gasteiger partial charge in [-0.1, -0.05) is 30.3 Å². The van der Waals surface area contributed by atoms with E-state index in [9.17, 15) is 9.59 Å². The molecule has 5 heteroatoms. The van der Waals surface area contributed by atoms with Gasteiger partial charge in [-0.05, 0) is 29.7 Å². The molecule has 0 aromatic heterocycles. The maximum absolute atomic E-state index is 12.7. The van der Waals surface area contributed by atoms with Crippen molar-refractivity contribution in [1.29, 1.82) is 0 Å². The zero-order valence-corrected chi connectivity index (χ0v) is 13.9. The van der Waals surface area contributed by atoms with Gasteiger partial charge in [-0.25, -0.2) is 0 Å². The quantitative estimate of drug-likeness (QED) is 0.756.